The number of fused-ring (bicyclic) bond motifs is 9. The molecule has 3 radical (unpaired) electrons. The van der Waals surface area contributed by atoms with Gasteiger partial charge in [-0.15, -0.1) is 179 Å². The third-order valence-corrected chi connectivity index (χ3v) is 37.0. The number of hydrogen-bond donors (Lipinski definition) is 0. The second-order valence-corrected chi connectivity index (χ2v) is 62.3. The van der Waals surface area contributed by atoms with Crippen LogP contribution in [0.3, 0.4) is 0 Å². The van der Waals surface area contributed by atoms with Crippen LogP contribution in [0.2, 0.25) is 58.9 Å². The number of aromatic nitrogens is 9. The summed E-state index contributed by atoms with van der Waals surface area (Å²) in [4.78, 5) is 42.0. The maximum atomic E-state index is 5.92. The Balaban J connectivity index is 0.000000134. The van der Waals surface area contributed by atoms with Gasteiger partial charge in [-0.3, -0.25) is 0 Å². The van der Waals surface area contributed by atoms with Crippen molar-refractivity contribution in [2.24, 2.45) is 17.3 Å². The van der Waals surface area contributed by atoms with Crippen molar-refractivity contribution in [3.8, 4) is 67.5 Å². The number of rotatable bonds is 18. The largest absolute Gasteiger partial charge is 0.486 e. The molecule has 0 spiro atoms. The van der Waals surface area contributed by atoms with E-state index in [0.29, 0.717) is 23.1 Å². The van der Waals surface area contributed by atoms with Crippen LogP contribution >= 0.6 is 0 Å². The first-order chi connectivity index (χ1) is 70.7. The Morgan fingerprint density at radius 1 is 0.313 bits per heavy atom. The van der Waals surface area contributed by atoms with Crippen LogP contribution in [-0.4, -0.2) is 69.1 Å². The van der Waals surface area contributed by atoms with Crippen molar-refractivity contribution < 1.29 is 73.6 Å². The zero-order valence-corrected chi connectivity index (χ0v) is 102. The molecule has 0 aliphatic heterocycles. The first-order valence-corrected chi connectivity index (χ1v) is 65.2. The fourth-order valence-electron chi connectivity index (χ4n) is 22.8. The molecule has 5 fully saturated rings. The van der Waals surface area contributed by atoms with Crippen LogP contribution in [0, 0.1) is 88.3 Å². The van der Waals surface area contributed by atoms with Crippen LogP contribution in [0.4, 0.5) is 0 Å². The normalized spacial score (nSPS) is 15.0. The molecule has 5 saturated carbocycles. The molecule has 5 aliphatic rings. The molecule has 0 amide bonds. The van der Waals surface area contributed by atoms with Crippen molar-refractivity contribution in [2.75, 3.05) is 0 Å². The van der Waals surface area contributed by atoms with Crippen molar-refractivity contribution in [2.45, 2.75) is 312 Å². The summed E-state index contributed by atoms with van der Waals surface area (Å²) in [6.45, 7) is 43.5. The van der Waals surface area contributed by atoms with E-state index in [9.17, 15) is 0 Å². The summed E-state index contributed by atoms with van der Waals surface area (Å²) in [5, 5.41) is 11.0. The fourth-order valence-corrected chi connectivity index (χ4v) is 27.6. The predicted octanol–water partition coefficient (Wildman–Crippen LogP) is 34.3. The molecule has 12 aromatic heterocycles. The predicted molar refractivity (Wildman–Crippen MR) is 620 cm³/mol. The molecular formula is C132H149Ir3N9O3Si3-6. The summed E-state index contributed by atoms with van der Waals surface area (Å²) in [5.74, 6) is 4.37. The van der Waals surface area contributed by atoms with E-state index in [1.165, 1.54) is 187 Å². The minimum atomic E-state index is -1.36. The molecule has 18 heteroatoms. The Hall–Kier alpha value is -10.3. The molecule has 0 atom stereocenters. The van der Waals surface area contributed by atoms with E-state index in [0.717, 1.165) is 170 Å². The van der Waals surface area contributed by atoms with Crippen LogP contribution in [0.5, 0.6) is 0 Å². The average Bonchev–Trinajstić information content (AvgIpc) is 1.60. The van der Waals surface area contributed by atoms with Gasteiger partial charge in [-0.25, -0.2) is 15.0 Å². The number of benzene rings is 6. The van der Waals surface area contributed by atoms with Gasteiger partial charge in [-0.05, 0) is 242 Å². The molecule has 5 aliphatic carbocycles. The third kappa shape index (κ3) is 28.3. The van der Waals surface area contributed by atoms with Crippen LogP contribution in [0.15, 0.2) is 232 Å². The van der Waals surface area contributed by atoms with Gasteiger partial charge in [0.2, 0.25) is 17.1 Å². The molecule has 0 saturated heterocycles. The standard InChI is InChI=1S/C26H27N2O.C24H23N2O.C23H23N2O.2C20H26NSi.C19H24NSi.3Ir/c1-16(2)23-15-27-24(14-20(23)12-18-6-4-5-7-18)19-9-11-25-22(13-19)21-10-8-17(3)28-26(21)29-25;1-15-11-22(25-14-19(15)12-17-5-3-4-6-17)18-8-10-23-21(13-18)20-9-7-16(2)26-24(20)27-23;1-14-13-24-20(11-17(14)12-23(3,4)5)16-7-9-21-19(10-16)18-8-6-15(2)25-22(18)26-21;2*1-22(2,3)20-15-21-19(17-12-8-5-9-13-17)14-18(20)16-10-6-4-7-11-16;1-21(2,3)19-14-20-18(16-11-5-4-6-12-16)13-17(19)15-9-7-8-10-15;;;/h8,10-11,13-16,18H,4-7,12H2,1-3H3;7,9-11,13-14,17H,3-6,12H2,1-2H3;6,8-11,13H,12H2,1-5H3;2*5,8-9,12,14-16H,4,6-7,10-11H2,1-3H3;4-6,11,13-15H,7-10H2,1-3H3;;;/q6*-1;;;. The monoisotopic (exact) mass is 2570 g/mol. The van der Waals surface area contributed by atoms with E-state index in [2.05, 4.69) is 304 Å². The first-order valence-electron chi connectivity index (χ1n) is 54.7. The number of pyridine rings is 9. The van der Waals surface area contributed by atoms with E-state index in [1.807, 2.05) is 99.8 Å². The summed E-state index contributed by atoms with van der Waals surface area (Å²) >= 11 is 0. The quantitative estimate of drug-likeness (QED) is 0.0593. The van der Waals surface area contributed by atoms with Gasteiger partial charge in [0.25, 0.3) is 0 Å². The molecule has 0 N–H and O–H groups in total. The summed E-state index contributed by atoms with van der Waals surface area (Å²) < 4.78 is 17.7. The zero-order chi connectivity index (χ0) is 103. The van der Waals surface area contributed by atoms with Crippen molar-refractivity contribution in [1.82, 2.24) is 44.9 Å². The topological polar surface area (TPSA) is 155 Å². The average molecular weight is 2570 g/mol. The van der Waals surface area contributed by atoms with Gasteiger partial charge in [0.05, 0.1) is 41.0 Å². The summed E-state index contributed by atoms with van der Waals surface area (Å²) in [5.41, 5.74) is 33.0. The molecule has 0 unspecified atom stereocenters. The van der Waals surface area contributed by atoms with Crippen LogP contribution in [0.25, 0.3) is 134 Å². The first kappa shape index (κ1) is 114. The fraction of sp³-hybridized carbons (Fsp3) is 0.386. The molecule has 0 bridgehead atoms. The third-order valence-electron chi connectivity index (χ3n) is 30.9. The Morgan fingerprint density at radius 3 is 0.960 bits per heavy atom. The Kier molecular flexibility index (Phi) is 38.4. The van der Waals surface area contributed by atoms with E-state index in [4.69, 9.17) is 38.2 Å². The maximum absolute atomic E-state index is 5.92. The Bertz CT molecular complexity index is 7480. The summed E-state index contributed by atoms with van der Waals surface area (Å²) in [6.07, 6.45) is 46.1. The molecule has 150 heavy (non-hydrogen) atoms. The molecule has 23 rings (SSSR count). The zero-order valence-electron chi connectivity index (χ0n) is 91.7. The number of aryl methyl sites for hydroxylation is 5. The molecule has 785 valence electrons. The molecule has 6 aromatic carbocycles. The number of nitrogens with zero attached hydrogens (tertiary/aromatic N) is 9. The second kappa shape index (κ2) is 50.7. The van der Waals surface area contributed by atoms with Gasteiger partial charge >= 0.3 is 0 Å². The Morgan fingerprint density at radius 2 is 0.627 bits per heavy atom. The minimum absolute atomic E-state index is 0. The maximum Gasteiger partial charge on any atom is 0.216 e. The van der Waals surface area contributed by atoms with Crippen LogP contribution in [-0.2, 0) is 79.6 Å². The minimum Gasteiger partial charge on any atom is -0.486 e. The van der Waals surface area contributed by atoms with Crippen LogP contribution in [0.1, 0.15) is 267 Å². The number of hydrogen-bond acceptors (Lipinski definition) is 12. The summed E-state index contributed by atoms with van der Waals surface area (Å²) in [6, 6.07) is 82.7. The second-order valence-electron chi connectivity index (χ2n) is 47.2. The summed E-state index contributed by atoms with van der Waals surface area (Å²) in [7, 11) is -4.06. The van der Waals surface area contributed by atoms with Crippen molar-refractivity contribution in [1.29, 1.82) is 0 Å². The van der Waals surface area contributed by atoms with E-state index in [1.54, 1.807) is 32.3 Å². The Labute approximate surface area is 936 Å². The van der Waals surface area contributed by atoms with Gasteiger partial charge in [-0.1, -0.05) is 277 Å². The van der Waals surface area contributed by atoms with Crippen molar-refractivity contribution >= 4 is 106 Å². The van der Waals surface area contributed by atoms with Crippen LogP contribution < -0.4 is 15.6 Å². The SMILES string of the molecule is C[Si](C)(C)c1cnc(-c2[c-]cccc2)cc1C1CCCC1.C[Si](C)(C)c1cnc(-c2[c-]cccc2)cc1C1CCCCC1.C[Si](C)(C)c1cnc(-c2[c-]cccc2)cc1C1CCCCC1.Cc1ccc2c(n1)oc1c[c-]c(-c3cc(C)c(CC4CCCC4)cn3)cc12.Cc1ccc2c(n1)oc1c[c-]c(-c3cc(CC(C)(C)C)c(C)cn3)cc12.Cc1ccc2c(n1)oc1c[c-]c(-c3cc(CC4CCCC4)c(C(C)C)cn3)cc12.[Ir].[Ir].[Ir]. The van der Waals surface area contributed by atoms with Gasteiger partial charge < -0.3 is 43.2 Å². The van der Waals surface area contributed by atoms with Gasteiger partial charge in [0, 0.05) is 131 Å². The van der Waals surface area contributed by atoms with Gasteiger partial charge in [0.1, 0.15) is 0 Å². The van der Waals surface area contributed by atoms with Gasteiger partial charge in [0.15, 0.2) is 0 Å². The van der Waals surface area contributed by atoms with E-state index >= 15 is 0 Å². The van der Waals surface area contributed by atoms with E-state index in [-0.39, 0.29) is 65.7 Å². The van der Waals surface area contributed by atoms with Crippen molar-refractivity contribution in [3.63, 3.8) is 0 Å². The van der Waals surface area contributed by atoms with Crippen molar-refractivity contribution in [3.05, 3.63) is 323 Å². The molecule has 12 heterocycles. The smallest absolute Gasteiger partial charge is 0.216 e. The molecule has 18 aromatic rings. The van der Waals surface area contributed by atoms with E-state index < -0.39 is 24.2 Å². The molecule has 12 nitrogen and oxygen atoms in total. The van der Waals surface area contributed by atoms with Gasteiger partial charge in [-0.2, -0.15) is 0 Å². The number of furan rings is 3. The molecular weight excluding hydrogens is 2420 g/mol.